The number of hydrogen-bond acceptors (Lipinski definition) is 3. The van der Waals surface area contributed by atoms with E-state index < -0.39 is 0 Å². The van der Waals surface area contributed by atoms with Crippen LogP contribution in [0.25, 0.3) is 5.57 Å². The van der Waals surface area contributed by atoms with Crippen LogP contribution in [0.4, 0.5) is 21.9 Å². The standard InChI is InChI=1S/C34H32N2O2/c37-34(38-25-26-11-4-1-5-12-26)36-32-17-10-18-33(36)24-28(23-32)27-19-21-31(22-20-27)35(29-13-6-2-7-14-29)30-15-8-3-9-16-30/h1-9,11-16,19-23,32-33H,10,17-18,24-25H2. The summed E-state index contributed by atoms with van der Waals surface area (Å²) in [5.74, 6) is 0. The molecule has 4 heteroatoms. The second kappa shape index (κ2) is 11.0. The van der Waals surface area contributed by atoms with Gasteiger partial charge in [-0.15, -0.1) is 0 Å². The largest absolute Gasteiger partial charge is 0.445 e. The smallest absolute Gasteiger partial charge is 0.410 e. The Morgan fingerprint density at radius 2 is 1.32 bits per heavy atom. The van der Waals surface area contributed by atoms with E-state index >= 15 is 0 Å². The second-order valence-electron chi connectivity index (χ2n) is 10.0. The van der Waals surface area contributed by atoms with Crippen molar-refractivity contribution < 1.29 is 9.53 Å². The molecule has 190 valence electrons. The number of hydrogen-bond donors (Lipinski definition) is 0. The fraction of sp³-hybridized carbons (Fsp3) is 0.206. The van der Waals surface area contributed by atoms with Gasteiger partial charge in [0.1, 0.15) is 6.61 Å². The molecule has 2 aliphatic rings. The lowest BCUT2D eigenvalue weighted by Crippen LogP contribution is -2.51. The number of carbonyl (C=O) groups is 1. The third kappa shape index (κ3) is 5.08. The van der Waals surface area contributed by atoms with E-state index in [-0.39, 0.29) is 18.2 Å². The number of amides is 1. The van der Waals surface area contributed by atoms with Crippen molar-refractivity contribution in [1.29, 1.82) is 0 Å². The molecule has 1 fully saturated rings. The highest BCUT2D eigenvalue weighted by Gasteiger charge is 2.38. The van der Waals surface area contributed by atoms with Gasteiger partial charge in [-0.3, -0.25) is 4.90 Å². The fourth-order valence-electron chi connectivity index (χ4n) is 5.75. The van der Waals surface area contributed by atoms with Gasteiger partial charge < -0.3 is 9.64 Å². The first-order valence-electron chi connectivity index (χ1n) is 13.5. The molecule has 2 unspecified atom stereocenters. The van der Waals surface area contributed by atoms with Gasteiger partial charge in [-0.1, -0.05) is 84.9 Å². The number of fused-ring (bicyclic) bond motifs is 2. The Labute approximate surface area is 224 Å². The van der Waals surface area contributed by atoms with Crippen LogP contribution in [0.2, 0.25) is 0 Å². The maximum absolute atomic E-state index is 13.1. The number of piperidine rings is 1. The summed E-state index contributed by atoms with van der Waals surface area (Å²) in [6.07, 6.45) is 6.09. The molecule has 2 atom stereocenters. The Bertz CT molecular complexity index is 1350. The molecule has 4 aromatic carbocycles. The zero-order valence-corrected chi connectivity index (χ0v) is 21.4. The summed E-state index contributed by atoms with van der Waals surface area (Å²) in [4.78, 5) is 17.3. The van der Waals surface area contributed by atoms with E-state index in [1.165, 1.54) is 11.1 Å². The van der Waals surface area contributed by atoms with Crippen molar-refractivity contribution in [3.63, 3.8) is 0 Å². The van der Waals surface area contributed by atoms with Gasteiger partial charge in [0.15, 0.2) is 0 Å². The molecular weight excluding hydrogens is 468 g/mol. The molecule has 4 nitrogen and oxygen atoms in total. The maximum atomic E-state index is 13.1. The summed E-state index contributed by atoms with van der Waals surface area (Å²) >= 11 is 0. The number of rotatable bonds is 6. The van der Waals surface area contributed by atoms with Gasteiger partial charge >= 0.3 is 6.09 Å². The quantitative estimate of drug-likeness (QED) is 0.266. The molecule has 38 heavy (non-hydrogen) atoms. The van der Waals surface area contributed by atoms with Crippen LogP contribution in [0, 0.1) is 0 Å². The van der Waals surface area contributed by atoms with Crippen molar-refractivity contribution in [2.75, 3.05) is 4.90 Å². The van der Waals surface area contributed by atoms with Crippen molar-refractivity contribution in [2.24, 2.45) is 0 Å². The molecule has 2 bridgehead atoms. The fourth-order valence-corrected chi connectivity index (χ4v) is 5.75. The molecule has 0 saturated carbocycles. The van der Waals surface area contributed by atoms with E-state index in [9.17, 15) is 4.79 Å². The SMILES string of the molecule is O=C(OCc1ccccc1)N1C2C=C(c3ccc(N(c4ccccc4)c4ccccc4)cc3)CC1CCC2. The average molecular weight is 501 g/mol. The maximum Gasteiger partial charge on any atom is 0.410 e. The summed E-state index contributed by atoms with van der Waals surface area (Å²) in [5.41, 5.74) is 6.94. The van der Waals surface area contributed by atoms with E-state index in [0.717, 1.165) is 48.3 Å². The van der Waals surface area contributed by atoms with Gasteiger partial charge in [0.05, 0.1) is 6.04 Å². The minimum atomic E-state index is -0.199. The Hall–Kier alpha value is -4.31. The molecule has 2 aliphatic heterocycles. The van der Waals surface area contributed by atoms with Crippen molar-refractivity contribution in [1.82, 2.24) is 4.90 Å². The summed E-state index contributed by atoms with van der Waals surface area (Å²) in [6, 6.07) is 39.9. The lowest BCUT2D eigenvalue weighted by atomic mass is 9.83. The van der Waals surface area contributed by atoms with Crippen molar-refractivity contribution >= 4 is 28.7 Å². The summed E-state index contributed by atoms with van der Waals surface area (Å²) in [5, 5.41) is 0. The van der Waals surface area contributed by atoms with Crippen LogP contribution in [0.5, 0.6) is 0 Å². The Morgan fingerprint density at radius 1 is 0.737 bits per heavy atom. The van der Waals surface area contributed by atoms with Gasteiger partial charge in [0.2, 0.25) is 0 Å². The van der Waals surface area contributed by atoms with Crippen LogP contribution in [0.15, 0.2) is 121 Å². The second-order valence-corrected chi connectivity index (χ2v) is 10.0. The van der Waals surface area contributed by atoms with Crippen LogP contribution >= 0.6 is 0 Å². The van der Waals surface area contributed by atoms with Gasteiger partial charge in [-0.25, -0.2) is 4.79 Å². The first-order valence-corrected chi connectivity index (χ1v) is 13.5. The molecule has 2 heterocycles. The van der Waals surface area contributed by atoms with Crippen LogP contribution < -0.4 is 4.90 Å². The summed E-state index contributed by atoms with van der Waals surface area (Å²) < 4.78 is 5.72. The predicted molar refractivity (Wildman–Crippen MR) is 154 cm³/mol. The molecule has 0 N–H and O–H groups in total. The lowest BCUT2D eigenvalue weighted by molar-refractivity contribution is 0.0510. The molecule has 0 radical (unpaired) electrons. The van der Waals surface area contributed by atoms with E-state index in [4.69, 9.17) is 4.74 Å². The average Bonchev–Trinajstić information content (AvgIpc) is 2.97. The van der Waals surface area contributed by atoms with E-state index in [0.29, 0.717) is 6.61 Å². The topological polar surface area (TPSA) is 32.8 Å². The number of nitrogens with zero attached hydrogens (tertiary/aromatic N) is 2. The molecule has 1 saturated heterocycles. The Kier molecular flexibility index (Phi) is 6.95. The van der Waals surface area contributed by atoms with Crippen LogP contribution in [-0.4, -0.2) is 23.1 Å². The first-order chi connectivity index (χ1) is 18.8. The molecule has 0 spiro atoms. The Balaban J connectivity index is 1.22. The molecule has 4 aromatic rings. The zero-order valence-electron chi connectivity index (χ0n) is 21.4. The monoisotopic (exact) mass is 500 g/mol. The summed E-state index contributed by atoms with van der Waals surface area (Å²) in [6.45, 7) is 0.312. The molecular formula is C34H32N2O2. The number of anilines is 3. The van der Waals surface area contributed by atoms with Gasteiger partial charge in [0, 0.05) is 23.1 Å². The highest BCUT2D eigenvalue weighted by Crippen LogP contribution is 2.39. The molecule has 1 amide bonds. The van der Waals surface area contributed by atoms with Gasteiger partial charge in [-0.05, 0) is 78.8 Å². The molecule has 6 rings (SSSR count). The van der Waals surface area contributed by atoms with Crippen molar-refractivity contribution in [3.8, 4) is 0 Å². The number of ether oxygens (including phenoxy) is 1. The van der Waals surface area contributed by atoms with E-state index in [1.54, 1.807) is 0 Å². The zero-order chi connectivity index (χ0) is 25.7. The molecule has 0 aromatic heterocycles. The first kappa shape index (κ1) is 24.1. The number of benzene rings is 4. The van der Waals surface area contributed by atoms with Crippen LogP contribution in [0.3, 0.4) is 0 Å². The normalized spacial score (nSPS) is 18.4. The van der Waals surface area contributed by atoms with Crippen LogP contribution in [-0.2, 0) is 11.3 Å². The van der Waals surface area contributed by atoms with Crippen molar-refractivity contribution in [3.05, 3.63) is 132 Å². The van der Waals surface area contributed by atoms with Crippen molar-refractivity contribution in [2.45, 2.75) is 44.4 Å². The lowest BCUT2D eigenvalue weighted by Gasteiger charge is -2.44. The predicted octanol–water partition coefficient (Wildman–Crippen LogP) is 8.50. The van der Waals surface area contributed by atoms with Gasteiger partial charge in [0.25, 0.3) is 0 Å². The highest BCUT2D eigenvalue weighted by molar-refractivity contribution is 5.79. The van der Waals surface area contributed by atoms with Crippen LogP contribution in [0.1, 0.15) is 36.8 Å². The highest BCUT2D eigenvalue weighted by atomic mass is 16.6. The minimum Gasteiger partial charge on any atom is -0.445 e. The summed E-state index contributed by atoms with van der Waals surface area (Å²) in [7, 11) is 0. The molecule has 0 aliphatic carbocycles. The Morgan fingerprint density at radius 3 is 1.92 bits per heavy atom. The van der Waals surface area contributed by atoms with E-state index in [1.807, 2.05) is 47.4 Å². The minimum absolute atomic E-state index is 0.0885. The van der Waals surface area contributed by atoms with Gasteiger partial charge in [-0.2, -0.15) is 0 Å². The third-order valence-electron chi connectivity index (χ3n) is 7.58. The number of carbonyl (C=O) groups excluding carboxylic acids is 1. The van der Waals surface area contributed by atoms with E-state index in [2.05, 4.69) is 83.8 Å². The number of para-hydroxylation sites is 2. The third-order valence-corrected chi connectivity index (χ3v) is 7.58.